The molecule has 1 rings (SSSR count). The molecule has 1 aromatic carbocycles. The normalized spacial score (nSPS) is 11.7. The van der Waals surface area contributed by atoms with Crippen LogP contribution in [0.2, 0.25) is 0 Å². The van der Waals surface area contributed by atoms with Crippen molar-refractivity contribution in [3.8, 4) is 5.75 Å². The van der Waals surface area contributed by atoms with Gasteiger partial charge in [0, 0.05) is 18.7 Å². The molecule has 6 heteroatoms. The molecule has 0 fully saturated rings. The van der Waals surface area contributed by atoms with Crippen LogP contribution in [0, 0.1) is 10.1 Å². The standard InChI is InChI=1S/C12H16N2O4/c1-3-8-13-12(15)9(2)18-11-6-4-10(5-7-11)14(16)17/h4-7,9H,3,8H2,1-2H3,(H,13,15). The van der Waals surface area contributed by atoms with E-state index in [-0.39, 0.29) is 11.6 Å². The number of nitro groups is 1. The Morgan fingerprint density at radius 1 is 1.44 bits per heavy atom. The first-order valence-electron chi connectivity index (χ1n) is 5.73. The van der Waals surface area contributed by atoms with Gasteiger partial charge in [-0.15, -0.1) is 0 Å². The first-order valence-corrected chi connectivity index (χ1v) is 5.73. The number of rotatable bonds is 6. The van der Waals surface area contributed by atoms with Crippen LogP contribution in [0.5, 0.6) is 5.75 Å². The van der Waals surface area contributed by atoms with Gasteiger partial charge in [0.15, 0.2) is 6.10 Å². The fraction of sp³-hybridized carbons (Fsp3) is 0.417. The minimum atomic E-state index is -0.627. The maximum atomic E-state index is 11.5. The summed E-state index contributed by atoms with van der Waals surface area (Å²) in [6.45, 7) is 4.20. The number of hydrogen-bond donors (Lipinski definition) is 1. The maximum absolute atomic E-state index is 11.5. The van der Waals surface area contributed by atoms with E-state index in [1.165, 1.54) is 24.3 Å². The SMILES string of the molecule is CCCNC(=O)C(C)Oc1ccc([N+](=O)[O-])cc1. The zero-order valence-electron chi connectivity index (χ0n) is 10.4. The van der Waals surface area contributed by atoms with Crippen LogP contribution in [0.3, 0.4) is 0 Å². The Bertz CT molecular complexity index is 417. The minimum Gasteiger partial charge on any atom is -0.481 e. The van der Waals surface area contributed by atoms with Crippen LogP contribution >= 0.6 is 0 Å². The lowest BCUT2D eigenvalue weighted by atomic mass is 10.3. The highest BCUT2D eigenvalue weighted by Crippen LogP contribution is 2.18. The van der Waals surface area contributed by atoms with Crippen molar-refractivity contribution >= 4 is 11.6 Å². The summed E-state index contributed by atoms with van der Waals surface area (Å²) in [6.07, 6.45) is 0.230. The molecule has 1 unspecified atom stereocenters. The van der Waals surface area contributed by atoms with Crippen molar-refractivity contribution in [1.82, 2.24) is 5.32 Å². The lowest BCUT2D eigenvalue weighted by Gasteiger charge is -2.14. The molecular weight excluding hydrogens is 236 g/mol. The molecule has 98 valence electrons. The molecule has 18 heavy (non-hydrogen) atoms. The Balaban J connectivity index is 2.56. The molecule has 0 spiro atoms. The third-order valence-electron chi connectivity index (χ3n) is 2.28. The zero-order chi connectivity index (χ0) is 13.5. The predicted octanol–water partition coefficient (Wildman–Crippen LogP) is 1.89. The number of hydrogen-bond acceptors (Lipinski definition) is 4. The molecule has 0 aliphatic carbocycles. The number of nitrogens with one attached hydrogen (secondary N) is 1. The van der Waals surface area contributed by atoms with Gasteiger partial charge in [-0.2, -0.15) is 0 Å². The molecule has 1 N–H and O–H groups in total. The fourth-order valence-electron chi connectivity index (χ4n) is 1.30. The molecule has 0 radical (unpaired) electrons. The molecule has 0 aromatic heterocycles. The van der Waals surface area contributed by atoms with Crippen LogP contribution in [-0.4, -0.2) is 23.5 Å². The lowest BCUT2D eigenvalue weighted by molar-refractivity contribution is -0.384. The van der Waals surface area contributed by atoms with Crippen LogP contribution < -0.4 is 10.1 Å². The number of carbonyl (C=O) groups is 1. The van der Waals surface area contributed by atoms with Crippen molar-refractivity contribution in [2.45, 2.75) is 26.4 Å². The van der Waals surface area contributed by atoms with Crippen molar-refractivity contribution < 1.29 is 14.5 Å². The summed E-state index contributed by atoms with van der Waals surface area (Å²) in [5.74, 6) is 0.231. The number of amides is 1. The van der Waals surface area contributed by atoms with E-state index in [1.807, 2.05) is 6.92 Å². The lowest BCUT2D eigenvalue weighted by Crippen LogP contribution is -2.36. The number of carbonyl (C=O) groups excluding carboxylic acids is 1. The average molecular weight is 252 g/mol. The molecule has 6 nitrogen and oxygen atoms in total. The van der Waals surface area contributed by atoms with Gasteiger partial charge in [0.25, 0.3) is 11.6 Å². The number of nitrogens with zero attached hydrogens (tertiary/aromatic N) is 1. The largest absolute Gasteiger partial charge is 0.481 e. The Labute approximate surface area is 105 Å². The van der Waals surface area contributed by atoms with Gasteiger partial charge in [-0.05, 0) is 25.5 Å². The zero-order valence-corrected chi connectivity index (χ0v) is 10.4. The van der Waals surface area contributed by atoms with Crippen molar-refractivity contribution in [3.05, 3.63) is 34.4 Å². The summed E-state index contributed by atoms with van der Waals surface area (Å²) in [5, 5.41) is 13.2. The second-order valence-corrected chi connectivity index (χ2v) is 3.80. The summed E-state index contributed by atoms with van der Waals surface area (Å²) in [6, 6.07) is 5.63. The van der Waals surface area contributed by atoms with Gasteiger partial charge < -0.3 is 10.1 Å². The van der Waals surface area contributed by atoms with Crippen LogP contribution in [0.15, 0.2) is 24.3 Å². The van der Waals surface area contributed by atoms with E-state index in [2.05, 4.69) is 5.32 Å². The van der Waals surface area contributed by atoms with Crippen molar-refractivity contribution in [1.29, 1.82) is 0 Å². The number of benzene rings is 1. The highest BCUT2D eigenvalue weighted by Gasteiger charge is 2.14. The van der Waals surface area contributed by atoms with Gasteiger partial charge in [0.1, 0.15) is 5.75 Å². The summed E-state index contributed by atoms with van der Waals surface area (Å²) < 4.78 is 5.37. The van der Waals surface area contributed by atoms with Gasteiger partial charge >= 0.3 is 0 Å². The Morgan fingerprint density at radius 3 is 2.56 bits per heavy atom. The first-order chi connectivity index (χ1) is 8.54. The van der Waals surface area contributed by atoms with Crippen LogP contribution in [0.1, 0.15) is 20.3 Å². The molecule has 0 heterocycles. The summed E-state index contributed by atoms with van der Waals surface area (Å²) in [5.41, 5.74) is -0.00885. The van der Waals surface area contributed by atoms with Crippen molar-refractivity contribution in [2.75, 3.05) is 6.54 Å². The minimum absolute atomic E-state index is 0.00885. The van der Waals surface area contributed by atoms with E-state index in [0.717, 1.165) is 6.42 Å². The van der Waals surface area contributed by atoms with Crippen molar-refractivity contribution in [3.63, 3.8) is 0 Å². The smallest absolute Gasteiger partial charge is 0.269 e. The fourth-order valence-corrected chi connectivity index (χ4v) is 1.30. The Morgan fingerprint density at radius 2 is 2.06 bits per heavy atom. The molecule has 1 aromatic rings. The van der Waals surface area contributed by atoms with E-state index in [4.69, 9.17) is 4.74 Å². The second kappa shape index (κ2) is 6.58. The molecule has 1 amide bonds. The number of nitro benzene ring substituents is 1. The number of ether oxygens (including phenoxy) is 1. The van der Waals surface area contributed by atoms with Gasteiger partial charge in [-0.1, -0.05) is 6.92 Å². The van der Waals surface area contributed by atoms with Gasteiger partial charge in [0.05, 0.1) is 4.92 Å². The third-order valence-corrected chi connectivity index (χ3v) is 2.28. The monoisotopic (exact) mass is 252 g/mol. The molecule has 0 aliphatic rings. The quantitative estimate of drug-likeness (QED) is 0.619. The van der Waals surface area contributed by atoms with Crippen LogP contribution in [0.25, 0.3) is 0 Å². The van der Waals surface area contributed by atoms with E-state index in [9.17, 15) is 14.9 Å². The predicted molar refractivity (Wildman–Crippen MR) is 66.5 cm³/mol. The van der Waals surface area contributed by atoms with Gasteiger partial charge in [-0.25, -0.2) is 0 Å². The molecule has 0 bridgehead atoms. The molecule has 0 saturated carbocycles. The molecule has 1 atom stereocenters. The Hall–Kier alpha value is -2.11. The van der Waals surface area contributed by atoms with E-state index in [0.29, 0.717) is 12.3 Å². The second-order valence-electron chi connectivity index (χ2n) is 3.80. The van der Waals surface area contributed by atoms with E-state index < -0.39 is 11.0 Å². The van der Waals surface area contributed by atoms with E-state index in [1.54, 1.807) is 6.92 Å². The van der Waals surface area contributed by atoms with Crippen LogP contribution in [0.4, 0.5) is 5.69 Å². The first kappa shape index (κ1) is 14.0. The topological polar surface area (TPSA) is 81.5 Å². The van der Waals surface area contributed by atoms with Gasteiger partial charge in [0.2, 0.25) is 0 Å². The molecule has 0 aliphatic heterocycles. The molecule has 0 saturated heterocycles. The highest BCUT2D eigenvalue weighted by atomic mass is 16.6. The Kier molecular flexibility index (Phi) is 5.10. The average Bonchev–Trinajstić information content (AvgIpc) is 2.36. The van der Waals surface area contributed by atoms with E-state index >= 15 is 0 Å². The maximum Gasteiger partial charge on any atom is 0.269 e. The van der Waals surface area contributed by atoms with Gasteiger partial charge in [-0.3, -0.25) is 14.9 Å². The number of non-ortho nitro benzene ring substituents is 1. The van der Waals surface area contributed by atoms with Crippen LogP contribution in [-0.2, 0) is 4.79 Å². The molecular formula is C12H16N2O4. The summed E-state index contributed by atoms with van der Waals surface area (Å²) in [4.78, 5) is 21.5. The van der Waals surface area contributed by atoms with Crippen molar-refractivity contribution in [2.24, 2.45) is 0 Å². The third kappa shape index (κ3) is 4.04. The highest BCUT2D eigenvalue weighted by molar-refractivity contribution is 5.80. The summed E-state index contributed by atoms with van der Waals surface area (Å²) in [7, 11) is 0. The summed E-state index contributed by atoms with van der Waals surface area (Å²) >= 11 is 0.